The zero-order valence-corrected chi connectivity index (χ0v) is 14.7. The molecule has 0 radical (unpaired) electrons. The van der Waals surface area contributed by atoms with Gasteiger partial charge in [0, 0.05) is 6.54 Å². The number of ether oxygens (including phenoxy) is 2. The first-order valence-corrected chi connectivity index (χ1v) is 8.40. The summed E-state index contributed by atoms with van der Waals surface area (Å²) in [7, 11) is 0. The normalized spacial score (nSPS) is 22.1. The van der Waals surface area contributed by atoms with Crippen LogP contribution in [-0.2, 0) is 14.3 Å². The molecule has 2 heterocycles. The Balaban J connectivity index is 1.79. The summed E-state index contributed by atoms with van der Waals surface area (Å²) < 4.78 is 10.8. The van der Waals surface area contributed by atoms with Crippen LogP contribution in [0.2, 0.25) is 0 Å². The van der Waals surface area contributed by atoms with E-state index < -0.39 is 17.7 Å². The maximum absolute atomic E-state index is 12.4. The highest BCUT2D eigenvalue weighted by Crippen LogP contribution is 2.26. The van der Waals surface area contributed by atoms with Gasteiger partial charge in [-0.3, -0.25) is 4.90 Å². The molecule has 25 heavy (non-hydrogen) atoms. The molecule has 2 aliphatic heterocycles. The van der Waals surface area contributed by atoms with Gasteiger partial charge in [0.15, 0.2) is 5.70 Å². The van der Waals surface area contributed by atoms with Gasteiger partial charge in [0.25, 0.3) is 0 Å². The zero-order chi connectivity index (χ0) is 18.0. The van der Waals surface area contributed by atoms with Crippen molar-refractivity contribution in [2.75, 3.05) is 6.54 Å². The second-order valence-corrected chi connectivity index (χ2v) is 7.11. The number of likely N-dealkylation sites (tertiary alicyclic amines) is 1. The third kappa shape index (κ3) is 4.07. The van der Waals surface area contributed by atoms with E-state index in [1.54, 1.807) is 11.0 Å². The van der Waals surface area contributed by atoms with Crippen molar-refractivity contribution < 1.29 is 19.1 Å². The molecule has 0 saturated carbocycles. The molecule has 1 fully saturated rings. The summed E-state index contributed by atoms with van der Waals surface area (Å²) in [6, 6.07) is 9.09. The number of nitrogens with zero attached hydrogens (tertiary/aromatic N) is 2. The predicted octanol–water partition coefficient (Wildman–Crippen LogP) is 3.38. The Labute approximate surface area is 147 Å². The second-order valence-electron chi connectivity index (χ2n) is 7.11. The van der Waals surface area contributed by atoms with E-state index >= 15 is 0 Å². The molecule has 6 heteroatoms. The third-order valence-corrected chi connectivity index (χ3v) is 3.91. The van der Waals surface area contributed by atoms with Crippen LogP contribution in [-0.4, -0.2) is 41.0 Å². The van der Waals surface area contributed by atoms with E-state index in [-0.39, 0.29) is 17.6 Å². The number of esters is 1. The Morgan fingerprint density at radius 1 is 1.32 bits per heavy atom. The average molecular weight is 342 g/mol. The smallest absolute Gasteiger partial charge is 0.410 e. The van der Waals surface area contributed by atoms with E-state index in [0.29, 0.717) is 13.0 Å². The highest BCUT2D eigenvalue weighted by molar-refractivity contribution is 6.09. The second kappa shape index (κ2) is 6.70. The van der Waals surface area contributed by atoms with Crippen molar-refractivity contribution >= 4 is 24.0 Å². The number of amides is 1. The largest absolute Gasteiger partial charge is 0.444 e. The summed E-state index contributed by atoms with van der Waals surface area (Å²) in [5.74, 6) is -0.217. The summed E-state index contributed by atoms with van der Waals surface area (Å²) in [5.41, 5.74) is 0.545. The molecule has 0 aliphatic carbocycles. The van der Waals surface area contributed by atoms with Crippen molar-refractivity contribution in [2.45, 2.75) is 45.3 Å². The topological polar surface area (TPSA) is 68.2 Å². The van der Waals surface area contributed by atoms with Crippen molar-refractivity contribution in [3.63, 3.8) is 0 Å². The molecule has 132 valence electrons. The lowest BCUT2D eigenvalue weighted by molar-refractivity contribution is -0.130. The number of benzene rings is 1. The van der Waals surface area contributed by atoms with Crippen molar-refractivity contribution in [3.8, 4) is 0 Å². The fourth-order valence-corrected chi connectivity index (χ4v) is 2.84. The zero-order valence-electron chi connectivity index (χ0n) is 14.7. The number of aliphatic imine (C=N–C) groups is 1. The van der Waals surface area contributed by atoms with Crippen LogP contribution in [0, 0.1) is 0 Å². The van der Waals surface area contributed by atoms with E-state index in [9.17, 15) is 9.59 Å². The molecule has 1 amide bonds. The highest BCUT2D eigenvalue weighted by atomic mass is 16.6. The minimum absolute atomic E-state index is 0.247. The van der Waals surface area contributed by atoms with Crippen LogP contribution in [0.1, 0.15) is 39.2 Å². The molecule has 0 aromatic heterocycles. The summed E-state index contributed by atoms with van der Waals surface area (Å²) in [4.78, 5) is 30.4. The van der Waals surface area contributed by atoms with Gasteiger partial charge in [0.05, 0.1) is 0 Å². The minimum Gasteiger partial charge on any atom is -0.444 e. The molecular formula is C19H22N2O4. The SMILES string of the molecule is CC(C)(C)OC(=O)N1CCCC1C1=N/C(=C/c2ccccc2)C(=O)O1. The Bertz CT molecular complexity index is 732. The molecular weight excluding hydrogens is 320 g/mol. The van der Waals surface area contributed by atoms with E-state index in [0.717, 1.165) is 12.0 Å². The van der Waals surface area contributed by atoms with Crippen LogP contribution >= 0.6 is 0 Å². The van der Waals surface area contributed by atoms with Gasteiger partial charge in [-0.05, 0) is 45.3 Å². The first kappa shape index (κ1) is 17.2. The average Bonchev–Trinajstić information content (AvgIpc) is 3.14. The maximum atomic E-state index is 12.4. The first-order valence-electron chi connectivity index (χ1n) is 8.40. The number of cyclic esters (lactones) is 1. The van der Waals surface area contributed by atoms with Crippen molar-refractivity contribution in [2.24, 2.45) is 4.99 Å². The molecule has 2 aliphatic rings. The summed E-state index contributed by atoms with van der Waals surface area (Å²) in [5, 5.41) is 0. The van der Waals surface area contributed by atoms with Gasteiger partial charge in [-0.1, -0.05) is 30.3 Å². The Morgan fingerprint density at radius 3 is 2.72 bits per heavy atom. The molecule has 0 N–H and O–H groups in total. The van der Waals surface area contributed by atoms with E-state index in [4.69, 9.17) is 9.47 Å². The molecule has 0 spiro atoms. The fourth-order valence-electron chi connectivity index (χ4n) is 2.84. The van der Waals surface area contributed by atoms with Crippen LogP contribution in [0.5, 0.6) is 0 Å². The standard InChI is InChI=1S/C19H22N2O4/c1-19(2,3)25-18(23)21-11-7-10-15(21)16-20-14(17(22)24-16)12-13-8-5-4-6-9-13/h4-6,8-9,12,15H,7,10-11H2,1-3H3/b14-12+. The lowest BCUT2D eigenvalue weighted by Crippen LogP contribution is -2.43. The minimum atomic E-state index is -0.573. The molecule has 1 aromatic carbocycles. The van der Waals surface area contributed by atoms with Gasteiger partial charge in [0.1, 0.15) is 11.6 Å². The lowest BCUT2D eigenvalue weighted by atomic mass is 10.2. The summed E-state index contributed by atoms with van der Waals surface area (Å²) >= 11 is 0. The quantitative estimate of drug-likeness (QED) is 0.610. The van der Waals surface area contributed by atoms with Crippen LogP contribution in [0.4, 0.5) is 4.79 Å². The van der Waals surface area contributed by atoms with Crippen molar-refractivity contribution in [1.29, 1.82) is 0 Å². The fraction of sp³-hybridized carbons (Fsp3) is 0.421. The summed E-state index contributed by atoms with van der Waals surface area (Å²) in [6.07, 6.45) is 2.79. The van der Waals surface area contributed by atoms with Crippen LogP contribution in [0.3, 0.4) is 0 Å². The molecule has 1 atom stereocenters. The molecule has 6 nitrogen and oxygen atoms in total. The molecule has 3 rings (SSSR count). The van der Waals surface area contributed by atoms with Gasteiger partial charge >= 0.3 is 12.1 Å². The number of rotatable bonds is 2. The van der Waals surface area contributed by atoms with E-state index in [1.165, 1.54) is 0 Å². The van der Waals surface area contributed by atoms with Crippen LogP contribution in [0.15, 0.2) is 41.0 Å². The number of carbonyl (C=O) groups excluding carboxylic acids is 2. The maximum Gasteiger partial charge on any atom is 0.410 e. The van der Waals surface area contributed by atoms with Gasteiger partial charge in [0.2, 0.25) is 5.90 Å². The molecule has 1 aromatic rings. The third-order valence-electron chi connectivity index (χ3n) is 3.91. The summed E-state index contributed by atoms with van der Waals surface area (Å²) in [6.45, 7) is 6.03. The van der Waals surface area contributed by atoms with E-state index in [2.05, 4.69) is 4.99 Å². The van der Waals surface area contributed by atoms with Gasteiger partial charge in [-0.15, -0.1) is 0 Å². The number of carbonyl (C=O) groups is 2. The van der Waals surface area contributed by atoms with Crippen molar-refractivity contribution in [1.82, 2.24) is 4.90 Å². The van der Waals surface area contributed by atoms with Crippen molar-refractivity contribution in [3.05, 3.63) is 41.6 Å². The van der Waals surface area contributed by atoms with Gasteiger partial charge in [-0.2, -0.15) is 0 Å². The number of hydrogen-bond acceptors (Lipinski definition) is 5. The van der Waals surface area contributed by atoms with E-state index in [1.807, 2.05) is 51.1 Å². The lowest BCUT2D eigenvalue weighted by Gasteiger charge is -2.27. The molecule has 1 unspecified atom stereocenters. The van der Waals surface area contributed by atoms with Crippen LogP contribution in [0.25, 0.3) is 6.08 Å². The monoisotopic (exact) mass is 342 g/mol. The Morgan fingerprint density at radius 2 is 2.04 bits per heavy atom. The Hall–Kier alpha value is -2.63. The van der Waals surface area contributed by atoms with Gasteiger partial charge < -0.3 is 9.47 Å². The predicted molar refractivity (Wildman–Crippen MR) is 93.9 cm³/mol. The Kier molecular flexibility index (Phi) is 4.61. The highest BCUT2D eigenvalue weighted by Gasteiger charge is 2.39. The number of hydrogen-bond donors (Lipinski definition) is 0. The van der Waals surface area contributed by atoms with Crippen LogP contribution < -0.4 is 0 Å². The van der Waals surface area contributed by atoms with Gasteiger partial charge in [-0.25, -0.2) is 14.6 Å². The first-order chi connectivity index (χ1) is 11.8. The molecule has 1 saturated heterocycles. The molecule has 0 bridgehead atoms.